The molecule has 0 fully saturated rings. The van der Waals surface area contributed by atoms with Gasteiger partial charge in [0.1, 0.15) is 10.6 Å². The zero-order valence-electron chi connectivity index (χ0n) is 14.8. The average Bonchev–Trinajstić information content (AvgIpc) is 3.29. The lowest BCUT2D eigenvalue weighted by Crippen LogP contribution is -2.18. The maximum absolute atomic E-state index is 12.1. The number of hydrogen-bond donors (Lipinski definition) is 3. The zero-order valence-corrected chi connectivity index (χ0v) is 17.2. The van der Waals surface area contributed by atoms with Crippen molar-refractivity contribution in [2.24, 2.45) is 5.10 Å². The van der Waals surface area contributed by atoms with E-state index in [0.29, 0.717) is 21.2 Å². The highest BCUT2D eigenvalue weighted by Gasteiger charge is 2.16. The summed E-state index contributed by atoms with van der Waals surface area (Å²) < 4.78 is 0. The number of halogens is 1. The van der Waals surface area contributed by atoms with Crippen LogP contribution in [0, 0.1) is 6.92 Å². The summed E-state index contributed by atoms with van der Waals surface area (Å²) in [6.45, 7) is 3.55. The summed E-state index contributed by atoms with van der Waals surface area (Å²) in [5.74, 6) is -1.52. The fourth-order valence-corrected chi connectivity index (χ4v) is 4.28. The van der Waals surface area contributed by atoms with E-state index < -0.39 is 11.9 Å². The van der Waals surface area contributed by atoms with Gasteiger partial charge >= 0.3 is 5.97 Å². The number of carbonyl (C=O) groups is 2. The van der Waals surface area contributed by atoms with Crippen molar-refractivity contribution in [3.05, 3.63) is 61.6 Å². The number of carboxylic acids is 1. The summed E-state index contributed by atoms with van der Waals surface area (Å²) in [7, 11) is 0. The van der Waals surface area contributed by atoms with E-state index >= 15 is 0 Å². The summed E-state index contributed by atoms with van der Waals surface area (Å²) >= 11 is 8.28. The molecule has 0 bridgehead atoms. The predicted octanol–water partition coefficient (Wildman–Crippen LogP) is 5.00. The molecule has 0 saturated carbocycles. The maximum atomic E-state index is 12.1. The lowest BCUT2D eigenvalue weighted by molar-refractivity contribution is 0.0702. The third-order valence-electron chi connectivity index (χ3n) is 3.94. The summed E-state index contributed by atoms with van der Waals surface area (Å²) in [5, 5.41) is 25.9. The number of nitrogens with one attached hydrogen (secondary N) is 1. The second kappa shape index (κ2) is 8.14. The first-order chi connectivity index (χ1) is 13.3. The van der Waals surface area contributed by atoms with Gasteiger partial charge in [0.2, 0.25) is 0 Å². The van der Waals surface area contributed by atoms with Crippen LogP contribution in [0.25, 0.3) is 10.4 Å². The van der Waals surface area contributed by atoms with Gasteiger partial charge in [0.05, 0.1) is 21.0 Å². The molecule has 0 spiro atoms. The van der Waals surface area contributed by atoms with Crippen molar-refractivity contribution < 1.29 is 19.8 Å². The molecule has 3 aromatic rings. The Labute approximate surface area is 173 Å². The minimum Gasteiger partial charge on any atom is -0.506 e. The van der Waals surface area contributed by atoms with Gasteiger partial charge in [0.25, 0.3) is 5.91 Å². The van der Waals surface area contributed by atoms with E-state index in [0.717, 1.165) is 22.5 Å². The third kappa shape index (κ3) is 4.09. The van der Waals surface area contributed by atoms with Gasteiger partial charge in [-0.15, -0.1) is 22.7 Å². The molecule has 0 aliphatic rings. The van der Waals surface area contributed by atoms with E-state index in [9.17, 15) is 14.7 Å². The molecule has 0 aliphatic carbocycles. The molecule has 0 atom stereocenters. The number of carboxylic acid groups (broad SMARTS) is 1. The van der Waals surface area contributed by atoms with E-state index in [1.165, 1.54) is 23.5 Å². The highest BCUT2D eigenvalue weighted by atomic mass is 35.5. The quantitative estimate of drug-likeness (QED) is 0.388. The number of benzene rings is 1. The van der Waals surface area contributed by atoms with Gasteiger partial charge in [-0.05, 0) is 49.2 Å². The molecule has 144 valence electrons. The van der Waals surface area contributed by atoms with Gasteiger partial charge in [-0.2, -0.15) is 5.10 Å². The number of aromatic carboxylic acids is 1. The summed E-state index contributed by atoms with van der Waals surface area (Å²) in [6, 6.07) is 8.29. The van der Waals surface area contributed by atoms with Crippen molar-refractivity contribution in [1.82, 2.24) is 5.43 Å². The van der Waals surface area contributed by atoms with E-state index in [1.807, 2.05) is 19.1 Å². The molecule has 2 aromatic heterocycles. The van der Waals surface area contributed by atoms with Crippen molar-refractivity contribution in [3.8, 4) is 16.2 Å². The van der Waals surface area contributed by atoms with Gasteiger partial charge in [0.15, 0.2) is 0 Å². The molecule has 3 rings (SSSR count). The minimum absolute atomic E-state index is 0.0734. The van der Waals surface area contributed by atoms with Crippen LogP contribution in [0.5, 0.6) is 5.75 Å². The zero-order chi connectivity index (χ0) is 20.4. The number of hydrogen-bond acceptors (Lipinski definition) is 6. The average molecular weight is 435 g/mol. The van der Waals surface area contributed by atoms with Crippen LogP contribution in [0.4, 0.5) is 0 Å². The molecule has 0 saturated heterocycles. The van der Waals surface area contributed by atoms with Gasteiger partial charge in [-0.25, -0.2) is 10.2 Å². The Balaban J connectivity index is 1.79. The van der Waals surface area contributed by atoms with Crippen LogP contribution in [0.3, 0.4) is 0 Å². The first kappa shape index (κ1) is 20.1. The topological polar surface area (TPSA) is 99.0 Å². The summed E-state index contributed by atoms with van der Waals surface area (Å²) in [6.07, 6.45) is 0. The summed E-state index contributed by atoms with van der Waals surface area (Å²) in [4.78, 5) is 24.0. The molecule has 6 nitrogen and oxygen atoms in total. The van der Waals surface area contributed by atoms with E-state index in [2.05, 4.69) is 10.5 Å². The fraction of sp³-hybridized carbons (Fsp3) is 0.105. The minimum atomic E-state index is -1.09. The number of nitrogens with zero attached hydrogens (tertiary/aromatic N) is 1. The van der Waals surface area contributed by atoms with Crippen LogP contribution < -0.4 is 5.43 Å². The molecular formula is C19H15ClN2O4S2. The van der Waals surface area contributed by atoms with Crippen molar-refractivity contribution in [3.63, 3.8) is 0 Å². The number of aromatic hydroxyl groups is 1. The van der Waals surface area contributed by atoms with Gasteiger partial charge < -0.3 is 10.2 Å². The largest absolute Gasteiger partial charge is 0.506 e. The molecule has 3 N–H and O–H groups in total. The Kier molecular flexibility index (Phi) is 5.83. The Bertz CT molecular complexity index is 1100. The molecule has 2 heterocycles. The predicted molar refractivity (Wildman–Crippen MR) is 112 cm³/mol. The monoisotopic (exact) mass is 434 g/mol. The van der Waals surface area contributed by atoms with Crippen LogP contribution in [0.2, 0.25) is 5.02 Å². The number of hydrazone groups is 1. The van der Waals surface area contributed by atoms with E-state index in [4.69, 9.17) is 16.7 Å². The van der Waals surface area contributed by atoms with E-state index in [1.54, 1.807) is 18.4 Å². The van der Waals surface area contributed by atoms with Crippen LogP contribution in [-0.2, 0) is 0 Å². The summed E-state index contributed by atoms with van der Waals surface area (Å²) in [5.41, 5.74) is 5.06. The Morgan fingerprint density at radius 1 is 1.18 bits per heavy atom. The smallest absolute Gasteiger partial charge is 0.345 e. The van der Waals surface area contributed by atoms with Crippen molar-refractivity contribution in [2.45, 2.75) is 13.8 Å². The molecule has 0 unspecified atom stereocenters. The van der Waals surface area contributed by atoms with Crippen molar-refractivity contribution >= 4 is 51.9 Å². The number of thiophene rings is 2. The van der Waals surface area contributed by atoms with Crippen molar-refractivity contribution in [1.29, 1.82) is 0 Å². The Morgan fingerprint density at radius 2 is 1.89 bits per heavy atom. The molecule has 1 amide bonds. The highest BCUT2D eigenvalue weighted by Crippen LogP contribution is 2.39. The lowest BCUT2D eigenvalue weighted by Gasteiger charge is -2.04. The van der Waals surface area contributed by atoms with Gasteiger partial charge in [-0.1, -0.05) is 17.7 Å². The molecule has 9 heteroatoms. The number of amides is 1. The van der Waals surface area contributed by atoms with Crippen LogP contribution >= 0.6 is 34.3 Å². The van der Waals surface area contributed by atoms with Crippen LogP contribution in [0.15, 0.2) is 40.8 Å². The van der Waals surface area contributed by atoms with Gasteiger partial charge in [0, 0.05) is 10.4 Å². The molecule has 28 heavy (non-hydrogen) atoms. The first-order valence-corrected chi connectivity index (χ1v) is 10.1. The maximum Gasteiger partial charge on any atom is 0.345 e. The fourth-order valence-electron chi connectivity index (χ4n) is 2.42. The molecule has 0 aliphatic heterocycles. The Hall–Kier alpha value is -2.68. The first-order valence-electron chi connectivity index (χ1n) is 8.03. The molecule has 0 radical (unpaired) electrons. The third-order valence-corrected chi connectivity index (χ3v) is 6.45. The second-order valence-electron chi connectivity index (χ2n) is 5.90. The van der Waals surface area contributed by atoms with Crippen LogP contribution in [0.1, 0.15) is 37.4 Å². The second-order valence-corrected chi connectivity index (χ2v) is 8.27. The standard InChI is InChI=1S/C19H15ClN2O4S2/c1-9-7-11(3-4-13(9)20)17-16(23)12(8-27-17)10(2)21-22-18(24)14-5-6-15(28-14)19(25)26/h3-8,23H,1-2H3,(H,22,24)(H,25,26)/b21-10+. The SMILES string of the molecule is C/C(=N\NC(=O)c1ccc(C(=O)O)s1)c1csc(-c2ccc(Cl)c(C)c2)c1O. The number of rotatable bonds is 5. The van der Waals surface area contributed by atoms with Crippen molar-refractivity contribution in [2.75, 3.05) is 0 Å². The normalized spacial score (nSPS) is 11.5. The number of aryl methyl sites for hydroxylation is 1. The number of carbonyl (C=O) groups excluding carboxylic acids is 1. The molecule has 1 aromatic carbocycles. The Morgan fingerprint density at radius 3 is 2.54 bits per heavy atom. The van der Waals surface area contributed by atoms with Crippen LogP contribution in [-0.4, -0.2) is 27.8 Å². The van der Waals surface area contributed by atoms with E-state index in [-0.39, 0.29) is 15.5 Å². The molecular weight excluding hydrogens is 420 g/mol. The lowest BCUT2D eigenvalue weighted by atomic mass is 10.1. The highest BCUT2D eigenvalue weighted by molar-refractivity contribution is 7.15. The van der Waals surface area contributed by atoms with Gasteiger partial charge in [-0.3, -0.25) is 4.79 Å².